The summed E-state index contributed by atoms with van der Waals surface area (Å²) in [6, 6.07) is 5.10. The molecular formula is C15H13Cl2N5OS2. The first-order valence-electron chi connectivity index (χ1n) is 7.21. The monoisotopic (exact) mass is 413 g/mol. The normalized spacial score (nSPS) is 12.1. The van der Waals surface area contributed by atoms with Gasteiger partial charge < -0.3 is 10.3 Å². The summed E-state index contributed by atoms with van der Waals surface area (Å²) in [6.07, 6.45) is 1.70. The lowest BCUT2D eigenvalue weighted by molar-refractivity contribution is -0.119. The molecule has 25 heavy (non-hydrogen) atoms. The van der Waals surface area contributed by atoms with Crippen molar-refractivity contribution < 1.29 is 4.79 Å². The second-order valence-electron chi connectivity index (χ2n) is 5.09. The number of carbonyl (C=O) groups excluding carboxylic acids is 1. The number of nitrogens with one attached hydrogen (secondary N) is 2. The van der Waals surface area contributed by atoms with Crippen LogP contribution < -0.4 is 5.32 Å². The topological polar surface area (TPSA) is 83.6 Å². The number of amides is 1. The Morgan fingerprint density at radius 2 is 2.24 bits per heavy atom. The first kappa shape index (κ1) is 18.2. The standard InChI is InChI=1S/C15H13Cl2N5OS2/c1-8(20-13(23)6-24-15-22-19-7-25-15)14-18-5-12(21-14)9-2-3-10(16)11(17)4-9/h2-5,7-8H,6H2,1H3,(H,18,21)(H,20,23). The van der Waals surface area contributed by atoms with E-state index in [1.165, 1.54) is 23.1 Å². The number of imidazole rings is 1. The van der Waals surface area contributed by atoms with Gasteiger partial charge in [0.25, 0.3) is 0 Å². The molecule has 1 unspecified atom stereocenters. The van der Waals surface area contributed by atoms with Gasteiger partial charge in [-0.1, -0.05) is 52.4 Å². The van der Waals surface area contributed by atoms with Crippen LogP contribution >= 0.6 is 46.3 Å². The molecule has 1 amide bonds. The second kappa shape index (κ2) is 8.18. The minimum absolute atomic E-state index is 0.0970. The third kappa shape index (κ3) is 4.72. The molecule has 0 aliphatic heterocycles. The van der Waals surface area contributed by atoms with Crippen molar-refractivity contribution in [1.82, 2.24) is 25.5 Å². The molecule has 10 heteroatoms. The molecule has 2 aromatic heterocycles. The summed E-state index contributed by atoms with van der Waals surface area (Å²) in [6.45, 7) is 1.87. The summed E-state index contributed by atoms with van der Waals surface area (Å²) in [4.78, 5) is 19.6. The van der Waals surface area contributed by atoms with E-state index >= 15 is 0 Å². The average molecular weight is 414 g/mol. The predicted molar refractivity (Wildman–Crippen MR) is 101 cm³/mol. The maximum absolute atomic E-state index is 12.0. The highest BCUT2D eigenvalue weighted by Crippen LogP contribution is 2.28. The summed E-state index contributed by atoms with van der Waals surface area (Å²) in [5.74, 6) is 0.843. The molecule has 0 radical (unpaired) electrons. The molecule has 0 fully saturated rings. The van der Waals surface area contributed by atoms with Gasteiger partial charge in [0.15, 0.2) is 4.34 Å². The van der Waals surface area contributed by atoms with E-state index in [1.807, 2.05) is 13.0 Å². The van der Waals surface area contributed by atoms with Crippen LogP contribution in [0.4, 0.5) is 0 Å². The number of rotatable bonds is 6. The Bertz CT molecular complexity index is 869. The molecule has 3 rings (SSSR count). The Balaban J connectivity index is 1.61. The van der Waals surface area contributed by atoms with Gasteiger partial charge in [0, 0.05) is 5.56 Å². The molecule has 3 aromatic rings. The highest BCUT2D eigenvalue weighted by molar-refractivity contribution is 8.01. The van der Waals surface area contributed by atoms with Crippen LogP contribution in [-0.2, 0) is 4.79 Å². The fourth-order valence-corrected chi connectivity index (χ4v) is 3.67. The van der Waals surface area contributed by atoms with Gasteiger partial charge in [0.2, 0.25) is 5.91 Å². The molecule has 0 saturated carbocycles. The maximum Gasteiger partial charge on any atom is 0.231 e. The number of halogens is 2. The maximum atomic E-state index is 12.0. The van der Waals surface area contributed by atoms with Gasteiger partial charge in [-0.2, -0.15) is 0 Å². The molecule has 130 valence electrons. The number of aromatic amines is 1. The zero-order valence-corrected chi connectivity index (χ0v) is 16.1. The Hall–Kier alpha value is -1.61. The average Bonchev–Trinajstić information content (AvgIpc) is 3.27. The van der Waals surface area contributed by atoms with Crippen LogP contribution in [0.5, 0.6) is 0 Å². The van der Waals surface area contributed by atoms with Crippen molar-refractivity contribution in [3.05, 3.63) is 45.8 Å². The van der Waals surface area contributed by atoms with Crippen LogP contribution in [0, 0.1) is 0 Å². The van der Waals surface area contributed by atoms with Crippen molar-refractivity contribution in [2.75, 3.05) is 5.75 Å². The number of H-pyrrole nitrogens is 1. The van der Waals surface area contributed by atoms with E-state index < -0.39 is 0 Å². The van der Waals surface area contributed by atoms with Crippen molar-refractivity contribution in [2.45, 2.75) is 17.3 Å². The number of aromatic nitrogens is 4. The molecule has 0 saturated heterocycles. The Morgan fingerprint density at radius 3 is 2.96 bits per heavy atom. The SMILES string of the molecule is CC(NC(=O)CSc1nncs1)c1ncc(-c2ccc(Cl)c(Cl)c2)[nH]1. The number of thioether (sulfide) groups is 1. The first-order chi connectivity index (χ1) is 12.0. The third-order valence-electron chi connectivity index (χ3n) is 3.28. The smallest absolute Gasteiger partial charge is 0.231 e. The Morgan fingerprint density at radius 1 is 1.40 bits per heavy atom. The van der Waals surface area contributed by atoms with Gasteiger partial charge in [0.1, 0.15) is 11.3 Å². The van der Waals surface area contributed by atoms with Crippen molar-refractivity contribution in [2.24, 2.45) is 0 Å². The lowest BCUT2D eigenvalue weighted by atomic mass is 10.2. The van der Waals surface area contributed by atoms with Crippen LogP contribution in [0.1, 0.15) is 18.8 Å². The largest absolute Gasteiger partial charge is 0.346 e. The fraction of sp³-hybridized carbons (Fsp3) is 0.200. The minimum Gasteiger partial charge on any atom is -0.346 e. The van der Waals surface area contributed by atoms with Gasteiger partial charge >= 0.3 is 0 Å². The summed E-state index contributed by atoms with van der Waals surface area (Å²) in [7, 11) is 0. The molecule has 1 aromatic carbocycles. The van der Waals surface area contributed by atoms with E-state index in [0.29, 0.717) is 15.9 Å². The molecule has 6 nitrogen and oxygen atoms in total. The van der Waals surface area contributed by atoms with Crippen molar-refractivity contribution in [3.63, 3.8) is 0 Å². The third-order valence-corrected chi connectivity index (χ3v) is 5.88. The zero-order chi connectivity index (χ0) is 17.8. The summed E-state index contributed by atoms with van der Waals surface area (Å²) in [5, 5.41) is 11.5. The van der Waals surface area contributed by atoms with Crippen molar-refractivity contribution in [3.8, 4) is 11.3 Å². The van der Waals surface area contributed by atoms with Crippen LogP contribution in [0.25, 0.3) is 11.3 Å². The molecular weight excluding hydrogens is 401 g/mol. The molecule has 0 bridgehead atoms. The van der Waals surface area contributed by atoms with Gasteiger partial charge in [-0.05, 0) is 19.1 Å². The van der Waals surface area contributed by atoms with E-state index in [0.717, 1.165) is 15.6 Å². The molecule has 0 aliphatic carbocycles. The molecule has 0 aliphatic rings. The van der Waals surface area contributed by atoms with Crippen LogP contribution in [0.15, 0.2) is 34.2 Å². The number of nitrogens with zero attached hydrogens (tertiary/aromatic N) is 3. The summed E-state index contributed by atoms with van der Waals surface area (Å²) in [5.41, 5.74) is 3.31. The number of hydrogen-bond acceptors (Lipinski definition) is 6. The lowest BCUT2D eigenvalue weighted by Gasteiger charge is -2.11. The number of carbonyl (C=O) groups is 1. The second-order valence-corrected chi connectivity index (χ2v) is 7.96. The van der Waals surface area contributed by atoms with Gasteiger partial charge in [0.05, 0.1) is 33.7 Å². The van der Waals surface area contributed by atoms with Crippen molar-refractivity contribution in [1.29, 1.82) is 0 Å². The highest BCUT2D eigenvalue weighted by atomic mass is 35.5. The summed E-state index contributed by atoms with van der Waals surface area (Å²) < 4.78 is 0.766. The predicted octanol–water partition coefficient (Wildman–Crippen LogP) is 4.20. The highest BCUT2D eigenvalue weighted by Gasteiger charge is 2.14. The van der Waals surface area contributed by atoms with Gasteiger partial charge in [-0.3, -0.25) is 4.79 Å². The molecule has 1 atom stereocenters. The first-order valence-corrected chi connectivity index (χ1v) is 9.83. The van der Waals surface area contributed by atoms with E-state index in [4.69, 9.17) is 23.2 Å². The van der Waals surface area contributed by atoms with E-state index in [1.54, 1.807) is 23.8 Å². The van der Waals surface area contributed by atoms with E-state index in [9.17, 15) is 4.79 Å². The molecule has 0 spiro atoms. The minimum atomic E-state index is -0.251. The van der Waals surface area contributed by atoms with Crippen molar-refractivity contribution >= 4 is 52.2 Å². The van der Waals surface area contributed by atoms with Gasteiger partial charge in [-0.25, -0.2) is 4.98 Å². The fourth-order valence-electron chi connectivity index (χ4n) is 2.07. The zero-order valence-electron chi connectivity index (χ0n) is 13.0. The van der Waals surface area contributed by atoms with E-state index in [-0.39, 0.29) is 17.7 Å². The Kier molecular flexibility index (Phi) is 5.95. The van der Waals surface area contributed by atoms with E-state index in [2.05, 4.69) is 25.5 Å². The Labute approximate surface area is 162 Å². The van der Waals surface area contributed by atoms with Gasteiger partial charge in [-0.15, -0.1) is 10.2 Å². The number of hydrogen-bond donors (Lipinski definition) is 2. The molecule has 2 heterocycles. The lowest BCUT2D eigenvalue weighted by Crippen LogP contribution is -2.28. The van der Waals surface area contributed by atoms with Crippen LogP contribution in [0.3, 0.4) is 0 Å². The molecule has 2 N–H and O–H groups in total. The van der Waals surface area contributed by atoms with Crippen LogP contribution in [0.2, 0.25) is 10.0 Å². The number of benzene rings is 1. The summed E-state index contributed by atoms with van der Waals surface area (Å²) >= 11 is 14.7. The quantitative estimate of drug-likeness (QED) is 0.591. The van der Waals surface area contributed by atoms with Crippen LogP contribution in [-0.4, -0.2) is 31.8 Å².